The zero-order valence-corrected chi connectivity index (χ0v) is 10.9. The Hall–Kier alpha value is -1.28. The smallest absolute Gasteiger partial charge is 0.157 e. The van der Waals surface area contributed by atoms with Crippen LogP contribution in [0.15, 0.2) is 0 Å². The van der Waals surface area contributed by atoms with Crippen LogP contribution in [0.5, 0.6) is 0 Å². The second-order valence-electron chi connectivity index (χ2n) is 4.59. The second-order valence-corrected chi connectivity index (χ2v) is 5.36. The van der Waals surface area contributed by atoms with E-state index in [0.717, 1.165) is 5.00 Å². The van der Waals surface area contributed by atoms with Gasteiger partial charge in [0.05, 0.1) is 0 Å². The number of nitrogens with two attached hydrogens (primary N) is 1. The first-order valence-corrected chi connectivity index (χ1v) is 6.95. The minimum atomic E-state index is 0.351. The number of nitrogen functional groups attached to an aromatic ring is 1. The van der Waals surface area contributed by atoms with Crippen LogP contribution in [0.2, 0.25) is 0 Å². The molecule has 0 aromatic carbocycles. The minimum absolute atomic E-state index is 0.351. The summed E-state index contributed by atoms with van der Waals surface area (Å²) in [5.41, 5.74) is 6.17. The average molecular weight is 250 g/mol. The Kier molecular flexibility index (Phi) is 3.85. The maximum atomic E-state index is 9.04. The Morgan fingerprint density at radius 2 is 2.29 bits per heavy atom. The van der Waals surface area contributed by atoms with Gasteiger partial charge in [0.1, 0.15) is 16.6 Å². The number of anilines is 2. The van der Waals surface area contributed by atoms with Crippen molar-refractivity contribution in [2.24, 2.45) is 5.92 Å². The number of aromatic nitrogens is 1. The van der Waals surface area contributed by atoms with Gasteiger partial charge in [-0.05, 0) is 30.3 Å². The van der Waals surface area contributed by atoms with Crippen molar-refractivity contribution in [2.45, 2.75) is 45.1 Å². The van der Waals surface area contributed by atoms with E-state index in [2.05, 4.69) is 22.7 Å². The van der Waals surface area contributed by atoms with E-state index in [9.17, 15) is 0 Å². The Labute approximate surface area is 106 Å². The van der Waals surface area contributed by atoms with Gasteiger partial charge in [0, 0.05) is 6.04 Å². The van der Waals surface area contributed by atoms with Gasteiger partial charge in [-0.25, -0.2) is 0 Å². The van der Waals surface area contributed by atoms with Gasteiger partial charge in [-0.3, -0.25) is 0 Å². The zero-order valence-electron chi connectivity index (χ0n) is 10.1. The fraction of sp³-hybridized carbons (Fsp3) is 0.667. The molecule has 2 atom stereocenters. The molecule has 3 N–H and O–H groups in total. The molecule has 17 heavy (non-hydrogen) atoms. The van der Waals surface area contributed by atoms with Crippen molar-refractivity contribution in [2.75, 3.05) is 11.1 Å². The summed E-state index contributed by atoms with van der Waals surface area (Å²) in [5.74, 6) is 1.06. The highest BCUT2D eigenvalue weighted by Crippen LogP contribution is 2.33. The van der Waals surface area contributed by atoms with Gasteiger partial charge in [0.25, 0.3) is 0 Å². The van der Waals surface area contributed by atoms with Gasteiger partial charge in [0.2, 0.25) is 0 Å². The number of nitrogens with one attached hydrogen (secondary N) is 1. The average Bonchev–Trinajstić information content (AvgIpc) is 2.70. The second kappa shape index (κ2) is 5.37. The largest absolute Gasteiger partial charge is 0.382 e. The standard InChI is InChI=1S/C12H18N4S/c1-2-8-5-3-4-6-10(8)15-12-9(7-13)11(14)16-17-12/h8,10,15H,2-6H2,1H3,(H2,14,16). The summed E-state index contributed by atoms with van der Waals surface area (Å²) in [6.45, 7) is 2.23. The van der Waals surface area contributed by atoms with Crippen LogP contribution in [0, 0.1) is 17.2 Å². The highest BCUT2D eigenvalue weighted by molar-refractivity contribution is 7.10. The van der Waals surface area contributed by atoms with Crippen LogP contribution >= 0.6 is 11.5 Å². The van der Waals surface area contributed by atoms with Crippen molar-refractivity contribution < 1.29 is 0 Å². The third-order valence-electron chi connectivity index (χ3n) is 3.58. The van der Waals surface area contributed by atoms with Gasteiger partial charge in [0.15, 0.2) is 5.82 Å². The van der Waals surface area contributed by atoms with Gasteiger partial charge < -0.3 is 11.1 Å². The molecule has 0 saturated heterocycles. The maximum Gasteiger partial charge on any atom is 0.157 e. The van der Waals surface area contributed by atoms with Crippen LogP contribution in [-0.2, 0) is 0 Å². The third-order valence-corrected chi connectivity index (χ3v) is 4.37. The lowest BCUT2D eigenvalue weighted by atomic mass is 9.83. The molecule has 1 heterocycles. The molecule has 1 aromatic heterocycles. The topological polar surface area (TPSA) is 74.7 Å². The first kappa shape index (κ1) is 12.2. The molecular formula is C12H18N4S. The lowest BCUT2D eigenvalue weighted by Gasteiger charge is -2.31. The minimum Gasteiger partial charge on any atom is -0.382 e. The summed E-state index contributed by atoms with van der Waals surface area (Å²) in [5, 5.41) is 13.4. The van der Waals surface area contributed by atoms with Crippen molar-refractivity contribution in [1.29, 1.82) is 5.26 Å². The summed E-state index contributed by atoms with van der Waals surface area (Å²) < 4.78 is 4.04. The first-order valence-electron chi connectivity index (χ1n) is 6.18. The molecule has 2 rings (SSSR count). The van der Waals surface area contributed by atoms with E-state index in [1.807, 2.05) is 0 Å². The Bertz CT molecular complexity index is 421. The molecule has 1 aliphatic carbocycles. The molecule has 0 radical (unpaired) electrons. The van der Waals surface area contributed by atoms with Crippen molar-refractivity contribution >= 4 is 22.4 Å². The van der Waals surface area contributed by atoms with Crippen LogP contribution in [0.3, 0.4) is 0 Å². The molecule has 0 spiro atoms. The number of hydrogen-bond donors (Lipinski definition) is 2. The SMILES string of the molecule is CCC1CCCCC1Nc1snc(N)c1C#N. The molecule has 1 aromatic rings. The predicted octanol–water partition coefficient (Wildman–Crippen LogP) is 2.98. The highest BCUT2D eigenvalue weighted by atomic mass is 32.1. The van der Waals surface area contributed by atoms with E-state index in [1.165, 1.54) is 43.6 Å². The van der Waals surface area contributed by atoms with Crippen LogP contribution in [0.25, 0.3) is 0 Å². The van der Waals surface area contributed by atoms with E-state index in [1.54, 1.807) is 0 Å². The number of hydrogen-bond acceptors (Lipinski definition) is 5. The fourth-order valence-electron chi connectivity index (χ4n) is 2.56. The Balaban J connectivity index is 2.11. The zero-order chi connectivity index (χ0) is 12.3. The Morgan fingerprint density at radius 1 is 1.53 bits per heavy atom. The van der Waals surface area contributed by atoms with E-state index < -0.39 is 0 Å². The van der Waals surface area contributed by atoms with E-state index >= 15 is 0 Å². The number of nitriles is 1. The molecule has 1 saturated carbocycles. The monoisotopic (exact) mass is 250 g/mol. The molecule has 0 amide bonds. The maximum absolute atomic E-state index is 9.04. The molecule has 92 valence electrons. The predicted molar refractivity (Wildman–Crippen MR) is 70.9 cm³/mol. The van der Waals surface area contributed by atoms with Gasteiger partial charge in [-0.15, -0.1) is 0 Å². The van der Waals surface area contributed by atoms with E-state index in [0.29, 0.717) is 23.3 Å². The number of rotatable bonds is 3. The third kappa shape index (κ3) is 2.52. The lowest BCUT2D eigenvalue weighted by molar-refractivity contribution is 0.317. The van der Waals surface area contributed by atoms with E-state index in [4.69, 9.17) is 11.0 Å². The Morgan fingerprint density at radius 3 is 3.00 bits per heavy atom. The van der Waals surface area contributed by atoms with Crippen LogP contribution in [-0.4, -0.2) is 10.4 Å². The van der Waals surface area contributed by atoms with Gasteiger partial charge >= 0.3 is 0 Å². The van der Waals surface area contributed by atoms with Crippen LogP contribution in [0.4, 0.5) is 10.8 Å². The quantitative estimate of drug-likeness (QED) is 0.864. The summed E-state index contributed by atoms with van der Waals surface area (Å²) in [6.07, 6.45) is 6.25. The summed E-state index contributed by atoms with van der Waals surface area (Å²) in [4.78, 5) is 0. The molecule has 1 fully saturated rings. The summed E-state index contributed by atoms with van der Waals surface area (Å²) in [6, 6.07) is 2.60. The van der Waals surface area contributed by atoms with Crippen LogP contribution in [0.1, 0.15) is 44.6 Å². The molecular weight excluding hydrogens is 232 g/mol. The molecule has 1 aliphatic rings. The summed E-state index contributed by atoms with van der Waals surface area (Å²) in [7, 11) is 0. The summed E-state index contributed by atoms with van der Waals surface area (Å²) >= 11 is 1.30. The number of nitrogens with zero attached hydrogens (tertiary/aromatic N) is 2. The molecule has 0 bridgehead atoms. The first-order chi connectivity index (χ1) is 8.26. The molecule has 4 nitrogen and oxygen atoms in total. The molecule has 5 heteroatoms. The molecule has 0 aliphatic heterocycles. The van der Waals surface area contributed by atoms with Crippen LogP contribution < -0.4 is 11.1 Å². The molecule has 2 unspecified atom stereocenters. The van der Waals surface area contributed by atoms with Crippen molar-refractivity contribution in [3.8, 4) is 6.07 Å². The lowest BCUT2D eigenvalue weighted by Crippen LogP contribution is -2.31. The highest BCUT2D eigenvalue weighted by Gasteiger charge is 2.25. The normalized spacial score (nSPS) is 24.2. The van der Waals surface area contributed by atoms with Gasteiger partial charge in [-0.2, -0.15) is 9.64 Å². The fourth-order valence-corrected chi connectivity index (χ4v) is 3.29. The van der Waals surface area contributed by atoms with Crippen molar-refractivity contribution in [3.63, 3.8) is 0 Å². The van der Waals surface area contributed by atoms with Crippen molar-refractivity contribution in [3.05, 3.63) is 5.56 Å². The van der Waals surface area contributed by atoms with Crippen molar-refractivity contribution in [1.82, 2.24) is 4.37 Å². The van der Waals surface area contributed by atoms with Gasteiger partial charge in [-0.1, -0.05) is 26.2 Å². The van der Waals surface area contributed by atoms with E-state index in [-0.39, 0.29) is 0 Å².